The average molecular weight is 313 g/mol. The van der Waals surface area contributed by atoms with Crippen LogP contribution in [0.3, 0.4) is 0 Å². The minimum atomic E-state index is 0.0185. The van der Waals surface area contributed by atoms with E-state index < -0.39 is 0 Å². The normalized spacial score (nSPS) is 12.7. The fourth-order valence-corrected chi connectivity index (χ4v) is 3.42. The molecule has 1 aromatic carbocycles. The maximum absolute atomic E-state index is 9.22. The fraction of sp³-hybridized carbons (Fsp3) is 0.294. The molecule has 0 aliphatic rings. The summed E-state index contributed by atoms with van der Waals surface area (Å²) in [6.45, 7) is 2.19. The zero-order valence-electron chi connectivity index (χ0n) is 12.7. The molecule has 2 aromatic heterocycles. The lowest BCUT2D eigenvalue weighted by Crippen LogP contribution is -2.06. The zero-order chi connectivity index (χ0) is 15.5. The molecule has 114 valence electrons. The third-order valence-electron chi connectivity index (χ3n) is 3.66. The summed E-state index contributed by atoms with van der Waals surface area (Å²) >= 11 is 1.71. The van der Waals surface area contributed by atoms with Crippen molar-refractivity contribution in [3.05, 3.63) is 54.0 Å². The Hall–Kier alpha value is -1.85. The molecule has 0 fully saturated rings. The van der Waals surface area contributed by atoms with Crippen molar-refractivity contribution in [2.45, 2.75) is 30.4 Å². The Balaban J connectivity index is 1.72. The van der Waals surface area contributed by atoms with E-state index in [1.54, 1.807) is 18.0 Å². The molecule has 0 spiro atoms. The molecule has 0 aliphatic heterocycles. The second-order valence-electron chi connectivity index (χ2n) is 5.38. The van der Waals surface area contributed by atoms with Crippen molar-refractivity contribution in [1.29, 1.82) is 0 Å². The van der Waals surface area contributed by atoms with Gasteiger partial charge in [0.1, 0.15) is 0 Å². The Morgan fingerprint density at radius 3 is 2.82 bits per heavy atom. The molecule has 0 aliphatic carbocycles. The minimum absolute atomic E-state index is 0.0185. The van der Waals surface area contributed by atoms with E-state index >= 15 is 0 Å². The van der Waals surface area contributed by atoms with Gasteiger partial charge in [-0.25, -0.2) is 4.98 Å². The number of nitrogens with zero attached hydrogens (tertiary/aromatic N) is 3. The molecule has 5 heteroatoms. The fourth-order valence-electron chi connectivity index (χ4n) is 2.42. The number of hydrogen-bond acceptors (Lipinski definition) is 4. The second-order valence-corrected chi connectivity index (χ2v) is 6.78. The summed E-state index contributed by atoms with van der Waals surface area (Å²) in [7, 11) is 1.93. The molecule has 3 rings (SSSR count). The zero-order valence-corrected chi connectivity index (χ0v) is 13.5. The van der Waals surface area contributed by atoms with Crippen LogP contribution in [0.4, 0.5) is 0 Å². The predicted octanol–water partition coefficient (Wildman–Crippen LogP) is 3.18. The van der Waals surface area contributed by atoms with Gasteiger partial charge in [0, 0.05) is 29.8 Å². The van der Waals surface area contributed by atoms with Crippen LogP contribution in [0, 0.1) is 0 Å². The number of pyridine rings is 1. The summed E-state index contributed by atoms with van der Waals surface area (Å²) in [5.74, 6) is 0. The van der Waals surface area contributed by atoms with Crippen molar-refractivity contribution < 1.29 is 5.11 Å². The first-order valence-electron chi connectivity index (χ1n) is 7.30. The number of hydrogen-bond donors (Lipinski definition) is 1. The molecule has 1 N–H and O–H groups in total. The van der Waals surface area contributed by atoms with Gasteiger partial charge >= 0.3 is 0 Å². The molecule has 4 nitrogen and oxygen atoms in total. The molecular weight excluding hydrogens is 294 g/mol. The van der Waals surface area contributed by atoms with Crippen LogP contribution in [0.2, 0.25) is 0 Å². The number of aliphatic hydroxyl groups excluding tert-OH is 1. The first-order valence-corrected chi connectivity index (χ1v) is 8.18. The topological polar surface area (TPSA) is 50.9 Å². The van der Waals surface area contributed by atoms with E-state index in [9.17, 15) is 5.11 Å². The molecule has 1 atom stereocenters. The summed E-state index contributed by atoms with van der Waals surface area (Å²) in [5, 5.41) is 11.7. The van der Waals surface area contributed by atoms with Crippen molar-refractivity contribution in [2.24, 2.45) is 7.05 Å². The molecule has 2 heterocycles. The van der Waals surface area contributed by atoms with Gasteiger partial charge in [-0.1, -0.05) is 43.0 Å². The Morgan fingerprint density at radius 1 is 1.23 bits per heavy atom. The van der Waals surface area contributed by atoms with Gasteiger partial charge in [-0.3, -0.25) is 4.98 Å². The second kappa shape index (κ2) is 6.50. The Bertz CT molecular complexity index is 784. The largest absolute Gasteiger partial charge is 0.390 e. The van der Waals surface area contributed by atoms with E-state index in [0.29, 0.717) is 5.25 Å². The van der Waals surface area contributed by atoms with E-state index in [4.69, 9.17) is 4.98 Å². The standard InChI is InChI=1S/C17H19N3OS/c1-12(22-17-18-10-15(11-21)20(17)2)9-14-8-7-13-5-3-4-6-16(13)19-14/h3-8,10,12,21H,9,11H2,1-2H3. The van der Waals surface area contributed by atoms with E-state index in [0.717, 1.165) is 28.5 Å². The van der Waals surface area contributed by atoms with E-state index in [2.05, 4.69) is 30.1 Å². The smallest absolute Gasteiger partial charge is 0.168 e. The van der Waals surface area contributed by atoms with Gasteiger partial charge in [-0.05, 0) is 12.1 Å². The average Bonchev–Trinajstić information content (AvgIpc) is 2.87. The number of para-hydroxylation sites is 1. The summed E-state index contributed by atoms with van der Waals surface area (Å²) in [4.78, 5) is 9.08. The maximum Gasteiger partial charge on any atom is 0.168 e. The highest BCUT2D eigenvalue weighted by molar-refractivity contribution is 7.99. The van der Waals surface area contributed by atoms with E-state index in [1.165, 1.54) is 5.39 Å². The third kappa shape index (κ3) is 3.15. The lowest BCUT2D eigenvalue weighted by atomic mass is 10.1. The van der Waals surface area contributed by atoms with Crippen LogP contribution in [0.5, 0.6) is 0 Å². The first kappa shape index (κ1) is 15.1. The van der Waals surface area contributed by atoms with Gasteiger partial charge < -0.3 is 9.67 Å². The molecule has 22 heavy (non-hydrogen) atoms. The van der Waals surface area contributed by atoms with Gasteiger partial charge in [-0.15, -0.1) is 0 Å². The molecule has 0 saturated carbocycles. The van der Waals surface area contributed by atoms with Gasteiger partial charge in [0.25, 0.3) is 0 Å². The Kier molecular flexibility index (Phi) is 4.45. The highest BCUT2D eigenvalue weighted by atomic mass is 32.2. The lowest BCUT2D eigenvalue weighted by molar-refractivity contribution is 0.271. The van der Waals surface area contributed by atoms with Crippen molar-refractivity contribution in [1.82, 2.24) is 14.5 Å². The SMILES string of the molecule is CC(Cc1ccc2ccccc2n1)Sc1ncc(CO)n1C. The summed E-state index contributed by atoms with van der Waals surface area (Å²) in [6, 6.07) is 12.4. The van der Waals surface area contributed by atoms with Crippen molar-refractivity contribution >= 4 is 22.7 Å². The third-order valence-corrected chi connectivity index (χ3v) is 4.82. The van der Waals surface area contributed by atoms with Crippen molar-refractivity contribution in [3.8, 4) is 0 Å². The molecular formula is C17H19N3OS. The number of fused-ring (bicyclic) bond motifs is 1. The van der Waals surface area contributed by atoms with Crippen LogP contribution in [0.25, 0.3) is 10.9 Å². The van der Waals surface area contributed by atoms with Crippen LogP contribution in [-0.4, -0.2) is 24.9 Å². The van der Waals surface area contributed by atoms with E-state index in [-0.39, 0.29) is 6.61 Å². The maximum atomic E-state index is 9.22. The summed E-state index contributed by atoms with van der Waals surface area (Å²) in [6.07, 6.45) is 2.61. The van der Waals surface area contributed by atoms with Crippen LogP contribution < -0.4 is 0 Å². The Labute approximate surface area is 134 Å². The lowest BCUT2D eigenvalue weighted by Gasteiger charge is -2.11. The predicted molar refractivity (Wildman–Crippen MR) is 89.9 cm³/mol. The van der Waals surface area contributed by atoms with Gasteiger partial charge in [-0.2, -0.15) is 0 Å². The number of imidazole rings is 1. The summed E-state index contributed by atoms with van der Waals surface area (Å²) < 4.78 is 1.94. The van der Waals surface area contributed by atoms with E-state index in [1.807, 2.05) is 29.8 Å². The monoisotopic (exact) mass is 313 g/mol. The molecule has 0 bridgehead atoms. The number of thioether (sulfide) groups is 1. The highest BCUT2D eigenvalue weighted by Gasteiger charge is 2.12. The van der Waals surface area contributed by atoms with Gasteiger partial charge in [0.15, 0.2) is 5.16 Å². The van der Waals surface area contributed by atoms with Crippen molar-refractivity contribution in [2.75, 3.05) is 0 Å². The van der Waals surface area contributed by atoms with Crippen molar-refractivity contribution in [3.63, 3.8) is 0 Å². The Morgan fingerprint density at radius 2 is 2.05 bits per heavy atom. The minimum Gasteiger partial charge on any atom is -0.390 e. The first-order chi connectivity index (χ1) is 10.7. The summed E-state index contributed by atoms with van der Waals surface area (Å²) in [5.41, 5.74) is 2.96. The van der Waals surface area contributed by atoms with Gasteiger partial charge in [0.05, 0.1) is 24.0 Å². The van der Waals surface area contributed by atoms with Crippen LogP contribution in [0.1, 0.15) is 18.3 Å². The number of rotatable bonds is 5. The molecule has 3 aromatic rings. The number of aliphatic hydroxyl groups is 1. The molecule has 0 saturated heterocycles. The van der Waals surface area contributed by atoms with Crippen LogP contribution in [0.15, 0.2) is 47.8 Å². The van der Waals surface area contributed by atoms with Crippen LogP contribution >= 0.6 is 11.8 Å². The van der Waals surface area contributed by atoms with Crippen LogP contribution in [-0.2, 0) is 20.1 Å². The molecule has 0 amide bonds. The molecule has 1 unspecified atom stereocenters. The van der Waals surface area contributed by atoms with Gasteiger partial charge in [0.2, 0.25) is 0 Å². The number of aromatic nitrogens is 3. The quantitative estimate of drug-likeness (QED) is 0.735. The molecule has 0 radical (unpaired) electrons. The number of benzene rings is 1. The highest BCUT2D eigenvalue weighted by Crippen LogP contribution is 2.25.